The Morgan fingerprint density at radius 1 is 0.950 bits per heavy atom. The molecular formula is C32H35N7O. The highest BCUT2D eigenvalue weighted by molar-refractivity contribution is 5.92. The molecule has 2 aromatic heterocycles. The normalized spacial score (nSPS) is 11.2. The van der Waals surface area contributed by atoms with E-state index in [4.69, 9.17) is 0 Å². The van der Waals surface area contributed by atoms with Crippen LogP contribution >= 0.6 is 0 Å². The number of carbonyl (C=O) groups is 1. The van der Waals surface area contributed by atoms with Crippen LogP contribution in [0.3, 0.4) is 0 Å². The molecule has 0 aliphatic rings. The van der Waals surface area contributed by atoms with Crippen LogP contribution in [0.15, 0.2) is 79.0 Å². The monoisotopic (exact) mass is 533 g/mol. The van der Waals surface area contributed by atoms with Crippen molar-refractivity contribution in [2.75, 3.05) is 6.54 Å². The lowest BCUT2D eigenvalue weighted by molar-refractivity contribution is 0.0939. The summed E-state index contributed by atoms with van der Waals surface area (Å²) in [4.78, 5) is 17.6. The largest absolute Gasteiger partial charge is 0.350 e. The van der Waals surface area contributed by atoms with Crippen LogP contribution in [0.4, 0.5) is 0 Å². The second-order valence-electron chi connectivity index (χ2n) is 10.4. The zero-order chi connectivity index (χ0) is 27.9. The molecule has 204 valence electrons. The number of nitrogens with zero attached hydrogens (tertiary/aromatic N) is 5. The average molecular weight is 534 g/mol. The summed E-state index contributed by atoms with van der Waals surface area (Å²) in [5, 5.41) is 17.8. The van der Waals surface area contributed by atoms with E-state index in [0.717, 1.165) is 58.5 Å². The first kappa shape index (κ1) is 27.0. The lowest BCUT2D eigenvalue weighted by Gasteiger charge is -2.14. The van der Waals surface area contributed by atoms with Crippen molar-refractivity contribution >= 4 is 5.91 Å². The van der Waals surface area contributed by atoms with Crippen LogP contribution < -0.4 is 5.32 Å². The Morgan fingerprint density at radius 3 is 2.42 bits per heavy atom. The fourth-order valence-corrected chi connectivity index (χ4v) is 4.73. The topological polar surface area (TPSA) is 101 Å². The van der Waals surface area contributed by atoms with Gasteiger partial charge in [0.2, 0.25) is 5.82 Å². The van der Waals surface area contributed by atoms with Crippen LogP contribution in [0.2, 0.25) is 0 Å². The minimum Gasteiger partial charge on any atom is -0.350 e. The standard InChI is InChI=1S/C32H35N7O/c1-4-5-11-30-33-20-29(32(40)34-19-22(2)3)39(30)21-23-12-14-25(15-13-23)28-18-26(24-9-7-6-8-10-24)16-17-27(28)31-35-37-38-36-31/h6-10,12-18,20,22H,4-5,11,19,21H2,1-3H3,(H,34,40)(H,35,36,37,38). The molecule has 0 saturated heterocycles. The van der Waals surface area contributed by atoms with E-state index in [1.807, 2.05) is 24.3 Å². The quantitative estimate of drug-likeness (QED) is 0.211. The van der Waals surface area contributed by atoms with Gasteiger partial charge in [-0.3, -0.25) is 4.79 Å². The molecule has 0 unspecified atom stereocenters. The number of unbranched alkanes of at least 4 members (excludes halogenated alkanes) is 1. The minimum atomic E-state index is -0.0805. The fraction of sp³-hybridized carbons (Fsp3) is 0.281. The lowest BCUT2D eigenvalue weighted by Crippen LogP contribution is -2.29. The summed E-state index contributed by atoms with van der Waals surface area (Å²) in [6.07, 6.45) is 4.65. The summed E-state index contributed by atoms with van der Waals surface area (Å²) in [5.41, 5.74) is 6.93. The number of aromatic amines is 1. The molecule has 0 aliphatic carbocycles. The Morgan fingerprint density at radius 2 is 1.73 bits per heavy atom. The van der Waals surface area contributed by atoms with E-state index in [1.54, 1.807) is 6.20 Å². The SMILES string of the molecule is CCCCc1ncc(C(=O)NCC(C)C)n1Cc1ccc(-c2cc(-c3ccccc3)ccc2-c2nn[nH]n2)cc1. The smallest absolute Gasteiger partial charge is 0.269 e. The van der Waals surface area contributed by atoms with Gasteiger partial charge in [0.25, 0.3) is 5.91 Å². The van der Waals surface area contributed by atoms with Crippen molar-refractivity contribution in [1.82, 2.24) is 35.5 Å². The summed E-state index contributed by atoms with van der Waals surface area (Å²) in [6.45, 7) is 7.55. The number of H-pyrrole nitrogens is 1. The molecule has 5 aromatic rings. The number of aryl methyl sites for hydroxylation is 1. The second kappa shape index (κ2) is 12.5. The van der Waals surface area contributed by atoms with Crippen LogP contribution in [-0.4, -0.2) is 42.6 Å². The molecule has 1 amide bonds. The van der Waals surface area contributed by atoms with Crippen LogP contribution in [0, 0.1) is 5.92 Å². The minimum absolute atomic E-state index is 0.0805. The molecule has 0 aliphatic heterocycles. The molecule has 0 atom stereocenters. The molecule has 3 aromatic carbocycles. The molecule has 8 nitrogen and oxygen atoms in total. The van der Waals surface area contributed by atoms with Gasteiger partial charge in [0.1, 0.15) is 11.5 Å². The van der Waals surface area contributed by atoms with E-state index < -0.39 is 0 Å². The number of carbonyl (C=O) groups excluding carboxylic acids is 1. The Hall–Kier alpha value is -4.59. The van der Waals surface area contributed by atoms with E-state index in [2.05, 4.69) is 105 Å². The van der Waals surface area contributed by atoms with Gasteiger partial charge in [0.15, 0.2) is 0 Å². The van der Waals surface area contributed by atoms with Gasteiger partial charge in [-0.05, 0) is 57.5 Å². The highest BCUT2D eigenvalue weighted by Crippen LogP contribution is 2.34. The predicted octanol–water partition coefficient (Wildman–Crippen LogP) is 6.17. The maximum Gasteiger partial charge on any atom is 0.269 e. The van der Waals surface area contributed by atoms with Crippen molar-refractivity contribution in [3.63, 3.8) is 0 Å². The van der Waals surface area contributed by atoms with E-state index in [-0.39, 0.29) is 5.91 Å². The fourth-order valence-electron chi connectivity index (χ4n) is 4.73. The molecule has 40 heavy (non-hydrogen) atoms. The van der Waals surface area contributed by atoms with Crippen LogP contribution in [0.1, 0.15) is 55.5 Å². The molecule has 0 fully saturated rings. The Kier molecular flexibility index (Phi) is 8.44. The molecule has 5 rings (SSSR count). The summed E-state index contributed by atoms with van der Waals surface area (Å²) in [6, 6.07) is 25.1. The van der Waals surface area contributed by atoms with E-state index >= 15 is 0 Å². The van der Waals surface area contributed by atoms with Crippen molar-refractivity contribution in [2.24, 2.45) is 5.92 Å². The Labute approximate surface area is 234 Å². The van der Waals surface area contributed by atoms with Crippen molar-refractivity contribution in [1.29, 1.82) is 0 Å². The van der Waals surface area contributed by atoms with Crippen LogP contribution in [0.25, 0.3) is 33.6 Å². The zero-order valence-electron chi connectivity index (χ0n) is 23.3. The van der Waals surface area contributed by atoms with Gasteiger partial charge >= 0.3 is 0 Å². The third-order valence-corrected chi connectivity index (χ3v) is 6.91. The number of imidazole rings is 1. The molecule has 2 heterocycles. The maximum atomic E-state index is 13.0. The number of hydrogen-bond acceptors (Lipinski definition) is 5. The van der Waals surface area contributed by atoms with Gasteiger partial charge < -0.3 is 9.88 Å². The third kappa shape index (κ3) is 6.17. The first-order valence-corrected chi connectivity index (χ1v) is 13.9. The lowest BCUT2D eigenvalue weighted by atomic mass is 9.93. The Bertz CT molecular complexity index is 1540. The summed E-state index contributed by atoms with van der Waals surface area (Å²) in [7, 11) is 0. The van der Waals surface area contributed by atoms with E-state index in [0.29, 0.717) is 30.5 Å². The Balaban J connectivity index is 1.46. The third-order valence-electron chi connectivity index (χ3n) is 6.91. The van der Waals surface area contributed by atoms with Crippen molar-refractivity contribution in [3.05, 3.63) is 96.1 Å². The van der Waals surface area contributed by atoms with Crippen molar-refractivity contribution in [2.45, 2.75) is 46.6 Å². The summed E-state index contributed by atoms with van der Waals surface area (Å²) in [5.74, 6) is 1.79. The second-order valence-corrected chi connectivity index (χ2v) is 10.4. The molecule has 0 radical (unpaired) electrons. The van der Waals surface area contributed by atoms with Crippen LogP contribution in [0.5, 0.6) is 0 Å². The van der Waals surface area contributed by atoms with Crippen LogP contribution in [-0.2, 0) is 13.0 Å². The number of tetrazole rings is 1. The number of hydrogen-bond donors (Lipinski definition) is 2. The number of nitrogens with one attached hydrogen (secondary N) is 2. The molecule has 0 saturated carbocycles. The molecule has 8 heteroatoms. The highest BCUT2D eigenvalue weighted by Gasteiger charge is 2.18. The number of aromatic nitrogens is 6. The van der Waals surface area contributed by atoms with E-state index in [9.17, 15) is 4.79 Å². The van der Waals surface area contributed by atoms with Gasteiger partial charge in [-0.1, -0.05) is 87.9 Å². The summed E-state index contributed by atoms with van der Waals surface area (Å²) >= 11 is 0. The number of amides is 1. The first-order chi connectivity index (χ1) is 19.5. The molecule has 0 spiro atoms. The van der Waals surface area contributed by atoms with Crippen molar-refractivity contribution in [3.8, 4) is 33.6 Å². The van der Waals surface area contributed by atoms with Gasteiger partial charge in [-0.15, -0.1) is 10.2 Å². The summed E-state index contributed by atoms with van der Waals surface area (Å²) < 4.78 is 2.06. The van der Waals surface area contributed by atoms with Gasteiger partial charge in [-0.25, -0.2) is 4.98 Å². The predicted molar refractivity (Wildman–Crippen MR) is 158 cm³/mol. The highest BCUT2D eigenvalue weighted by atomic mass is 16.2. The first-order valence-electron chi connectivity index (χ1n) is 13.9. The van der Waals surface area contributed by atoms with Gasteiger partial charge in [0.05, 0.1) is 6.20 Å². The number of rotatable bonds is 11. The molecular weight excluding hydrogens is 498 g/mol. The van der Waals surface area contributed by atoms with Gasteiger partial charge in [-0.2, -0.15) is 5.21 Å². The zero-order valence-corrected chi connectivity index (χ0v) is 23.3. The van der Waals surface area contributed by atoms with Crippen molar-refractivity contribution < 1.29 is 4.79 Å². The molecule has 0 bridgehead atoms. The number of benzene rings is 3. The average Bonchev–Trinajstić information content (AvgIpc) is 3.66. The molecule has 2 N–H and O–H groups in total. The van der Waals surface area contributed by atoms with Gasteiger partial charge in [0, 0.05) is 25.1 Å². The van der Waals surface area contributed by atoms with E-state index in [1.165, 1.54) is 0 Å². The maximum absolute atomic E-state index is 13.0.